The highest BCUT2D eigenvalue weighted by Gasteiger charge is 2.25. The lowest BCUT2D eigenvalue weighted by atomic mass is 10.1. The Morgan fingerprint density at radius 3 is 2.44 bits per heavy atom. The van der Waals surface area contributed by atoms with E-state index in [1.165, 1.54) is 6.07 Å². The highest BCUT2D eigenvalue weighted by molar-refractivity contribution is 7.89. The molecule has 25 heavy (non-hydrogen) atoms. The molecule has 2 aromatic rings. The summed E-state index contributed by atoms with van der Waals surface area (Å²) in [5.41, 5.74) is 1.99. The number of likely N-dealkylation sites (tertiary alicyclic amines) is 1. The molecule has 0 spiro atoms. The van der Waals surface area contributed by atoms with Crippen molar-refractivity contribution < 1.29 is 8.42 Å². The minimum Gasteiger partial charge on any atom is -0.295 e. The topological polar surface area (TPSA) is 49.4 Å². The van der Waals surface area contributed by atoms with Crippen molar-refractivity contribution >= 4 is 21.6 Å². The van der Waals surface area contributed by atoms with Gasteiger partial charge in [0.2, 0.25) is 10.0 Å². The highest BCUT2D eigenvalue weighted by atomic mass is 35.5. The van der Waals surface area contributed by atoms with Crippen molar-refractivity contribution in [2.75, 3.05) is 19.6 Å². The largest absolute Gasteiger partial charge is 0.295 e. The van der Waals surface area contributed by atoms with Gasteiger partial charge in [-0.3, -0.25) is 4.90 Å². The van der Waals surface area contributed by atoms with E-state index in [2.05, 4.69) is 21.8 Å². The highest BCUT2D eigenvalue weighted by Crippen LogP contribution is 2.25. The summed E-state index contributed by atoms with van der Waals surface area (Å²) in [6, 6.07) is 14.9. The minimum atomic E-state index is -3.59. The Balaban J connectivity index is 1.79. The fourth-order valence-corrected chi connectivity index (χ4v) is 4.51. The van der Waals surface area contributed by atoms with Gasteiger partial charge in [0.15, 0.2) is 0 Å². The van der Waals surface area contributed by atoms with Crippen LogP contribution >= 0.6 is 11.6 Å². The zero-order valence-corrected chi connectivity index (χ0v) is 15.9. The van der Waals surface area contributed by atoms with Crippen LogP contribution in [0.5, 0.6) is 0 Å². The number of halogens is 1. The molecule has 1 unspecified atom stereocenters. The Kier molecular flexibility index (Phi) is 5.79. The van der Waals surface area contributed by atoms with Gasteiger partial charge in [-0.25, -0.2) is 13.1 Å². The molecule has 0 saturated carbocycles. The Morgan fingerprint density at radius 2 is 1.80 bits per heavy atom. The molecular weight excluding hydrogens is 356 g/mol. The van der Waals surface area contributed by atoms with Gasteiger partial charge in [-0.05, 0) is 56.1 Å². The third-order valence-corrected chi connectivity index (χ3v) is 6.51. The van der Waals surface area contributed by atoms with Crippen LogP contribution in [0.2, 0.25) is 5.02 Å². The minimum absolute atomic E-state index is 0.0411. The summed E-state index contributed by atoms with van der Waals surface area (Å²) in [6.07, 6.45) is 2.31. The second-order valence-electron chi connectivity index (χ2n) is 6.43. The molecule has 0 aromatic heterocycles. The number of nitrogens with one attached hydrogen (secondary N) is 1. The maximum Gasteiger partial charge on any atom is 0.240 e. The first-order valence-electron chi connectivity index (χ1n) is 8.52. The molecule has 1 aliphatic heterocycles. The molecule has 1 aliphatic rings. The molecule has 1 fully saturated rings. The van der Waals surface area contributed by atoms with Crippen LogP contribution in [0.4, 0.5) is 0 Å². The van der Waals surface area contributed by atoms with Crippen molar-refractivity contribution in [1.82, 2.24) is 9.62 Å². The van der Waals surface area contributed by atoms with Gasteiger partial charge in [0.25, 0.3) is 0 Å². The number of sulfonamides is 1. The summed E-state index contributed by atoms with van der Waals surface area (Å²) in [7, 11) is -3.59. The van der Waals surface area contributed by atoms with Crippen LogP contribution < -0.4 is 4.72 Å². The second-order valence-corrected chi connectivity index (χ2v) is 8.61. The summed E-state index contributed by atoms with van der Waals surface area (Å²) < 4.78 is 28.1. The van der Waals surface area contributed by atoms with Crippen LogP contribution in [0.15, 0.2) is 53.4 Å². The van der Waals surface area contributed by atoms with Gasteiger partial charge in [-0.2, -0.15) is 0 Å². The smallest absolute Gasteiger partial charge is 0.240 e. The summed E-state index contributed by atoms with van der Waals surface area (Å²) in [5, 5.41) is 0.460. The van der Waals surface area contributed by atoms with Crippen molar-refractivity contribution in [3.63, 3.8) is 0 Å². The van der Waals surface area contributed by atoms with E-state index in [1.807, 2.05) is 25.1 Å². The molecule has 1 saturated heterocycles. The van der Waals surface area contributed by atoms with Crippen LogP contribution in [0.1, 0.15) is 30.0 Å². The van der Waals surface area contributed by atoms with E-state index in [4.69, 9.17) is 11.6 Å². The van der Waals surface area contributed by atoms with Crippen LogP contribution in [0.25, 0.3) is 0 Å². The van der Waals surface area contributed by atoms with E-state index in [0.29, 0.717) is 11.6 Å². The quantitative estimate of drug-likeness (QED) is 0.832. The number of benzene rings is 2. The van der Waals surface area contributed by atoms with Gasteiger partial charge >= 0.3 is 0 Å². The normalized spacial score (nSPS) is 16.9. The first-order valence-corrected chi connectivity index (χ1v) is 10.4. The third-order valence-electron chi connectivity index (χ3n) is 4.69. The molecule has 0 aliphatic carbocycles. The van der Waals surface area contributed by atoms with Gasteiger partial charge in [-0.15, -0.1) is 0 Å². The Labute approximate surface area is 154 Å². The first kappa shape index (κ1) is 18.4. The average molecular weight is 379 g/mol. The molecule has 0 radical (unpaired) electrons. The molecule has 0 amide bonds. The zero-order valence-electron chi connectivity index (χ0n) is 14.3. The van der Waals surface area contributed by atoms with E-state index in [0.717, 1.165) is 37.1 Å². The van der Waals surface area contributed by atoms with E-state index in [-0.39, 0.29) is 10.9 Å². The van der Waals surface area contributed by atoms with Gasteiger partial charge in [-0.1, -0.05) is 48.0 Å². The monoisotopic (exact) mass is 378 g/mol. The lowest BCUT2D eigenvalue weighted by Gasteiger charge is -2.28. The van der Waals surface area contributed by atoms with E-state index in [9.17, 15) is 8.42 Å². The van der Waals surface area contributed by atoms with Crippen molar-refractivity contribution in [2.24, 2.45) is 0 Å². The van der Waals surface area contributed by atoms with Gasteiger partial charge < -0.3 is 0 Å². The van der Waals surface area contributed by atoms with Crippen molar-refractivity contribution in [3.05, 3.63) is 64.7 Å². The molecule has 2 aromatic carbocycles. The van der Waals surface area contributed by atoms with Crippen LogP contribution in [-0.2, 0) is 10.0 Å². The summed E-state index contributed by atoms with van der Waals surface area (Å²) in [4.78, 5) is 2.55. The molecule has 4 nitrogen and oxygen atoms in total. The SMILES string of the molecule is Cc1ccc(S(=O)(=O)NCC(c2ccccc2)N2CCCC2)cc1Cl. The predicted octanol–water partition coefficient (Wildman–Crippen LogP) is 3.76. The summed E-state index contributed by atoms with van der Waals surface area (Å²) in [5.74, 6) is 0. The number of nitrogens with zero attached hydrogens (tertiary/aromatic N) is 1. The predicted molar refractivity (Wildman–Crippen MR) is 101 cm³/mol. The van der Waals surface area contributed by atoms with Crippen LogP contribution in [0.3, 0.4) is 0 Å². The van der Waals surface area contributed by atoms with Gasteiger partial charge in [0.1, 0.15) is 0 Å². The average Bonchev–Trinajstić information content (AvgIpc) is 3.12. The Bertz CT molecular complexity index is 819. The fourth-order valence-electron chi connectivity index (χ4n) is 3.20. The maximum atomic E-state index is 12.7. The molecule has 3 rings (SSSR count). The molecular formula is C19H23ClN2O2S. The van der Waals surface area contributed by atoms with Crippen LogP contribution in [-0.4, -0.2) is 33.0 Å². The molecule has 1 N–H and O–H groups in total. The molecule has 1 atom stereocenters. The standard InChI is InChI=1S/C19H23ClN2O2S/c1-15-9-10-17(13-18(15)20)25(23,24)21-14-19(22-11-5-6-12-22)16-7-3-2-4-8-16/h2-4,7-10,13,19,21H,5-6,11-12,14H2,1H3. The third kappa shape index (κ3) is 4.42. The number of aryl methyl sites for hydroxylation is 1. The molecule has 6 heteroatoms. The summed E-state index contributed by atoms with van der Waals surface area (Å²) in [6.45, 7) is 4.19. The number of rotatable bonds is 6. The fraction of sp³-hybridized carbons (Fsp3) is 0.368. The van der Waals surface area contributed by atoms with Crippen molar-refractivity contribution in [1.29, 1.82) is 0 Å². The number of hydrogen-bond acceptors (Lipinski definition) is 3. The van der Waals surface area contributed by atoms with Gasteiger partial charge in [0.05, 0.1) is 4.90 Å². The number of hydrogen-bond donors (Lipinski definition) is 1. The zero-order chi connectivity index (χ0) is 17.9. The Morgan fingerprint density at radius 1 is 1.12 bits per heavy atom. The summed E-state index contributed by atoms with van der Waals surface area (Å²) >= 11 is 6.08. The van der Waals surface area contributed by atoms with E-state index < -0.39 is 10.0 Å². The lowest BCUT2D eigenvalue weighted by molar-refractivity contribution is 0.246. The maximum absolute atomic E-state index is 12.7. The second kappa shape index (κ2) is 7.87. The molecule has 0 bridgehead atoms. The molecule has 1 heterocycles. The van der Waals surface area contributed by atoms with E-state index >= 15 is 0 Å². The van der Waals surface area contributed by atoms with Crippen molar-refractivity contribution in [2.45, 2.75) is 30.7 Å². The Hall–Kier alpha value is -1.40. The first-order chi connectivity index (χ1) is 12.0. The molecule has 134 valence electrons. The lowest BCUT2D eigenvalue weighted by Crippen LogP contribution is -2.36. The van der Waals surface area contributed by atoms with E-state index in [1.54, 1.807) is 12.1 Å². The van der Waals surface area contributed by atoms with Crippen molar-refractivity contribution in [3.8, 4) is 0 Å². The van der Waals surface area contributed by atoms with Gasteiger partial charge in [0, 0.05) is 17.6 Å². The van der Waals surface area contributed by atoms with Crippen LogP contribution in [0, 0.1) is 6.92 Å².